The van der Waals surface area contributed by atoms with Crippen LogP contribution in [0.3, 0.4) is 0 Å². The molecule has 0 radical (unpaired) electrons. The molecule has 0 saturated heterocycles. The molecule has 1 atom stereocenters. The number of pyridine rings is 2. The number of carbonyl (C=O) groups excluding carboxylic acids is 1. The number of benzene rings is 1. The molecule has 0 spiro atoms. The molecule has 3 heterocycles. The highest BCUT2D eigenvalue weighted by Gasteiger charge is 2.35. The molecular formula is C24H26N2O5. The average molecular weight is 422 g/mol. The van der Waals surface area contributed by atoms with Gasteiger partial charge in [0, 0.05) is 29.2 Å². The zero-order valence-corrected chi connectivity index (χ0v) is 18.2. The van der Waals surface area contributed by atoms with E-state index in [2.05, 4.69) is 6.92 Å². The number of carbonyl (C=O) groups is 1. The number of methoxy groups -OCH3 is 2. The molecule has 162 valence electrons. The molecule has 0 amide bonds. The number of aliphatic hydroxyl groups is 1. The topological polar surface area (TPSA) is 90.7 Å². The van der Waals surface area contributed by atoms with Gasteiger partial charge in [-0.05, 0) is 42.7 Å². The minimum atomic E-state index is -1.76. The minimum absolute atomic E-state index is 0.00811. The summed E-state index contributed by atoms with van der Waals surface area (Å²) < 4.78 is 12.3. The molecule has 3 aromatic rings. The predicted octanol–water partition coefficient (Wildman–Crippen LogP) is 2.94. The van der Waals surface area contributed by atoms with Gasteiger partial charge in [-0.25, -0.2) is 4.98 Å². The Morgan fingerprint density at radius 1 is 1.23 bits per heavy atom. The predicted molar refractivity (Wildman–Crippen MR) is 117 cm³/mol. The van der Waals surface area contributed by atoms with E-state index in [4.69, 9.17) is 14.5 Å². The van der Waals surface area contributed by atoms with Crippen molar-refractivity contribution in [2.45, 2.75) is 45.4 Å². The van der Waals surface area contributed by atoms with Crippen LogP contribution in [0.15, 0.2) is 29.1 Å². The first-order valence-corrected chi connectivity index (χ1v) is 10.4. The molecule has 0 aliphatic carbocycles. The number of aryl methyl sites for hydroxylation is 1. The maximum absolute atomic E-state index is 13.4. The Hall–Kier alpha value is -3.03. The Morgan fingerprint density at radius 3 is 2.61 bits per heavy atom. The normalized spacial score (nSPS) is 14.2. The van der Waals surface area contributed by atoms with Crippen molar-refractivity contribution in [3.63, 3.8) is 0 Å². The Kier molecular flexibility index (Phi) is 5.41. The van der Waals surface area contributed by atoms with Gasteiger partial charge >= 0.3 is 0 Å². The Balaban J connectivity index is 2.05. The molecule has 4 rings (SSSR count). The summed E-state index contributed by atoms with van der Waals surface area (Å²) in [5, 5.41) is 11.9. The van der Waals surface area contributed by atoms with E-state index in [9.17, 15) is 14.7 Å². The summed E-state index contributed by atoms with van der Waals surface area (Å²) in [4.78, 5) is 30.1. The summed E-state index contributed by atoms with van der Waals surface area (Å²) in [5.41, 5.74) is 2.75. The van der Waals surface area contributed by atoms with Crippen LogP contribution >= 0.6 is 0 Å². The van der Waals surface area contributed by atoms with Crippen LogP contribution in [0.1, 0.15) is 42.5 Å². The van der Waals surface area contributed by atoms with E-state index in [-0.39, 0.29) is 24.2 Å². The van der Waals surface area contributed by atoms with Crippen molar-refractivity contribution in [2.24, 2.45) is 0 Å². The number of hydrogen-bond acceptors (Lipinski definition) is 6. The number of hydrogen-bond donors (Lipinski definition) is 1. The average Bonchev–Trinajstić information content (AvgIpc) is 3.16. The van der Waals surface area contributed by atoms with Gasteiger partial charge in [-0.1, -0.05) is 13.8 Å². The first-order chi connectivity index (χ1) is 14.9. The second kappa shape index (κ2) is 7.90. The number of rotatable bonds is 7. The van der Waals surface area contributed by atoms with Crippen molar-refractivity contribution in [3.05, 3.63) is 56.9 Å². The Morgan fingerprint density at radius 2 is 2.00 bits per heavy atom. The summed E-state index contributed by atoms with van der Waals surface area (Å²) in [5.74, 6) is 0.750. The van der Waals surface area contributed by atoms with Gasteiger partial charge in [0.1, 0.15) is 11.4 Å². The van der Waals surface area contributed by atoms with E-state index < -0.39 is 5.60 Å². The maximum Gasteiger partial charge on any atom is 0.257 e. The molecule has 7 nitrogen and oxygen atoms in total. The standard InChI is InChI=1S/C24H26N2O5/c1-5-15-16-9-14(31-4)7-8-20(16)25-22-17(15)11-26-21(22)10-19(24(29,6-2)13-27)18(12-30-3)23(26)28/h7-10,13,29H,5-6,11-12H2,1-4H3. The molecule has 2 aromatic heterocycles. The Bertz CT molecular complexity index is 1250. The Labute approximate surface area is 180 Å². The molecule has 1 aliphatic rings. The second-order valence-electron chi connectivity index (χ2n) is 7.80. The fourth-order valence-corrected chi connectivity index (χ4v) is 4.47. The molecule has 1 unspecified atom stereocenters. The van der Waals surface area contributed by atoms with Crippen molar-refractivity contribution >= 4 is 17.2 Å². The summed E-state index contributed by atoms with van der Waals surface area (Å²) in [6, 6.07) is 7.46. The van der Waals surface area contributed by atoms with Crippen LogP contribution in [0.4, 0.5) is 0 Å². The summed E-state index contributed by atoms with van der Waals surface area (Å²) in [6.07, 6.45) is 1.40. The molecule has 7 heteroatoms. The monoisotopic (exact) mass is 422 g/mol. The largest absolute Gasteiger partial charge is 0.497 e. The van der Waals surface area contributed by atoms with Crippen molar-refractivity contribution in [2.75, 3.05) is 14.2 Å². The summed E-state index contributed by atoms with van der Waals surface area (Å²) in [6.45, 7) is 4.17. The lowest BCUT2D eigenvalue weighted by Gasteiger charge is -2.24. The van der Waals surface area contributed by atoms with Gasteiger partial charge in [-0.15, -0.1) is 0 Å². The highest BCUT2D eigenvalue weighted by Crippen LogP contribution is 2.38. The first-order valence-electron chi connectivity index (χ1n) is 10.4. The van der Waals surface area contributed by atoms with Crippen molar-refractivity contribution < 1.29 is 19.4 Å². The van der Waals surface area contributed by atoms with Gasteiger partial charge in [-0.3, -0.25) is 9.59 Å². The summed E-state index contributed by atoms with van der Waals surface area (Å²) in [7, 11) is 3.11. The fraction of sp³-hybridized carbons (Fsp3) is 0.375. The second-order valence-corrected chi connectivity index (χ2v) is 7.80. The van der Waals surface area contributed by atoms with Crippen LogP contribution in [0, 0.1) is 0 Å². The van der Waals surface area contributed by atoms with E-state index in [1.807, 2.05) is 18.2 Å². The highest BCUT2D eigenvalue weighted by molar-refractivity contribution is 5.89. The molecule has 1 N–H and O–H groups in total. The number of nitrogens with zero attached hydrogens (tertiary/aromatic N) is 2. The zero-order valence-electron chi connectivity index (χ0n) is 18.2. The van der Waals surface area contributed by atoms with Crippen molar-refractivity contribution in [3.8, 4) is 17.1 Å². The molecule has 1 aromatic carbocycles. The van der Waals surface area contributed by atoms with Crippen LogP contribution < -0.4 is 10.3 Å². The van der Waals surface area contributed by atoms with Gasteiger partial charge in [-0.2, -0.15) is 0 Å². The number of fused-ring (bicyclic) bond motifs is 4. The van der Waals surface area contributed by atoms with Gasteiger partial charge in [0.05, 0.1) is 37.2 Å². The van der Waals surface area contributed by atoms with Crippen molar-refractivity contribution in [1.29, 1.82) is 0 Å². The molecule has 31 heavy (non-hydrogen) atoms. The number of aldehydes is 1. The van der Waals surface area contributed by atoms with E-state index in [1.165, 1.54) is 7.11 Å². The lowest BCUT2D eigenvalue weighted by molar-refractivity contribution is -0.125. The third-order valence-electron chi connectivity index (χ3n) is 6.21. The van der Waals surface area contributed by atoms with Crippen LogP contribution in [0.2, 0.25) is 0 Å². The number of ether oxygens (including phenoxy) is 2. The third kappa shape index (κ3) is 3.16. The van der Waals surface area contributed by atoms with Gasteiger partial charge in [0.2, 0.25) is 0 Å². The molecule has 0 bridgehead atoms. The minimum Gasteiger partial charge on any atom is -0.497 e. The molecule has 0 fully saturated rings. The molecular weight excluding hydrogens is 396 g/mol. The van der Waals surface area contributed by atoms with Gasteiger partial charge in [0.25, 0.3) is 5.56 Å². The van der Waals surface area contributed by atoms with Gasteiger partial charge < -0.3 is 19.1 Å². The summed E-state index contributed by atoms with van der Waals surface area (Å²) >= 11 is 0. The molecule has 1 aliphatic heterocycles. The lowest BCUT2D eigenvalue weighted by atomic mass is 9.89. The van der Waals surface area contributed by atoms with E-state index in [0.29, 0.717) is 29.8 Å². The third-order valence-corrected chi connectivity index (χ3v) is 6.21. The quantitative estimate of drug-likeness (QED) is 0.461. The fourth-order valence-electron chi connectivity index (χ4n) is 4.47. The highest BCUT2D eigenvalue weighted by atomic mass is 16.5. The van der Waals surface area contributed by atoms with Crippen molar-refractivity contribution in [1.82, 2.24) is 9.55 Å². The SMILES string of the molecule is CCc1c2c(nc3ccc(OC)cc13)-c1cc(C(O)(C=O)CC)c(COC)c(=O)n1C2. The zero-order chi connectivity index (χ0) is 22.3. The van der Waals surface area contributed by atoms with Crippen LogP contribution in [0.25, 0.3) is 22.3 Å². The number of aromatic nitrogens is 2. The molecule has 0 saturated carbocycles. The maximum atomic E-state index is 13.4. The van der Waals surface area contributed by atoms with Crippen LogP contribution in [-0.2, 0) is 34.7 Å². The van der Waals surface area contributed by atoms with Crippen LogP contribution in [-0.4, -0.2) is 35.2 Å². The first kappa shape index (κ1) is 21.2. The lowest BCUT2D eigenvalue weighted by Crippen LogP contribution is -2.34. The van der Waals surface area contributed by atoms with Crippen LogP contribution in [0.5, 0.6) is 5.75 Å². The van der Waals surface area contributed by atoms with E-state index >= 15 is 0 Å². The van der Waals surface area contributed by atoms with E-state index in [0.717, 1.165) is 34.2 Å². The smallest absolute Gasteiger partial charge is 0.257 e. The van der Waals surface area contributed by atoms with E-state index in [1.54, 1.807) is 24.7 Å². The van der Waals surface area contributed by atoms with Gasteiger partial charge in [0.15, 0.2) is 6.29 Å².